The lowest BCUT2D eigenvalue weighted by Gasteiger charge is -2.36. The van der Waals surface area contributed by atoms with Gasteiger partial charge in [0, 0.05) is 38.3 Å². The van der Waals surface area contributed by atoms with Crippen LogP contribution in [0.1, 0.15) is 18.4 Å². The van der Waals surface area contributed by atoms with Crippen molar-refractivity contribution < 1.29 is 4.79 Å². The van der Waals surface area contributed by atoms with Crippen molar-refractivity contribution >= 4 is 34.8 Å². The number of anilines is 3. The number of nitriles is 1. The van der Waals surface area contributed by atoms with E-state index in [4.69, 9.17) is 16.9 Å². The summed E-state index contributed by atoms with van der Waals surface area (Å²) in [6.07, 6.45) is 5.30. The summed E-state index contributed by atoms with van der Waals surface area (Å²) in [5.74, 6) is 1.55. The Bertz CT molecular complexity index is 882. The molecule has 2 aromatic heterocycles. The van der Waals surface area contributed by atoms with Gasteiger partial charge >= 0.3 is 0 Å². The topological polar surface area (TPSA) is 85.2 Å². The van der Waals surface area contributed by atoms with Crippen LogP contribution in [0.3, 0.4) is 0 Å². The van der Waals surface area contributed by atoms with Crippen molar-refractivity contribution in [2.75, 3.05) is 41.3 Å². The second-order valence-corrected chi connectivity index (χ2v) is 7.19. The third-order valence-corrected chi connectivity index (χ3v) is 5.12. The molecule has 1 aliphatic carbocycles. The number of aromatic nitrogens is 2. The maximum atomic E-state index is 11.8. The molecule has 138 valence electrons. The van der Waals surface area contributed by atoms with Crippen LogP contribution in [0.15, 0.2) is 30.6 Å². The Labute approximate surface area is 162 Å². The molecule has 7 nitrogen and oxygen atoms in total. The second kappa shape index (κ2) is 7.41. The number of amides is 1. The lowest BCUT2D eigenvalue weighted by molar-refractivity contribution is -0.117. The molecule has 2 aromatic rings. The third kappa shape index (κ3) is 3.96. The zero-order valence-electron chi connectivity index (χ0n) is 14.7. The molecule has 8 heteroatoms. The first-order chi connectivity index (χ1) is 13.1. The molecule has 0 unspecified atom stereocenters. The normalized spacial score (nSPS) is 16.7. The van der Waals surface area contributed by atoms with E-state index in [0.29, 0.717) is 22.2 Å². The molecule has 4 rings (SSSR count). The minimum absolute atomic E-state index is 0.0654. The summed E-state index contributed by atoms with van der Waals surface area (Å²) in [7, 11) is 0. The number of rotatable bonds is 4. The number of nitrogens with zero attached hydrogens (tertiary/aromatic N) is 5. The standard InChI is InChI=1S/C19H19ClN6O/c20-16-9-13(10-21)11-23-18(16)26-7-5-25(6-8-26)15-3-4-17(22-12-15)24-19(27)14-1-2-14/h3-4,9,11-12,14H,1-2,5-8H2,(H,22,24,27). The van der Waals surface area contributed by atoms with Gasteiger partial charge in [0.15, 0.2) is 0 Å². The quantitative estimate of drug-likeness (QED) is 0.875. The molecule has 1 saturated heterocycles. The number of carbonyl (C=O) groups is 1. The van der Waals surface area contributed by atoms with Crippen molar-refractivity contribution in [1.82, 2.24) is 9.97 Å². The molecule has 0 radical (unpaired) electrons. The Kier molecular flexibility index (Phi) is 4.82. The first-order valence-electron chi connectivity index (χ1n) is 8.96. The summed E-state index contributed by atoms with van der Waals surface area (Å²) in [4.78, 5) is 24.9. The van der Waals surface area contributed by atoms with Crippen LogP contribution in [-0.2, 0) is 4.79 Å². The predicted octanol–water partition coefficient (Wildman–Crippen LogP) is 2.68. The molecular weight excluding hydrogens is 364 g/mol. The first-order valence-corrected chi connectivity index (χ1v) is 9.34. The zero-order chi connectivity index (χ0) is 18.8. The molecule has 0 bridgehead atoms. The molecule has 2 aliphatic rings. The largest absolute Gasteiger partial charge is 0.367 e. The van der Waals surface area contributed by atoms with Gasteiger partial charge in [0.1, 0.15) is 17.7 Å². The van der Waals surface area contributed by atoms with Crippen molar-refractivity contribution in [1.29, 1.82) is 5.26 Å². The summed E-state index contributed by atoms with van der Waals surface area (Å²) in [5, 5.41) is 12.3. The highest BCUT2D eigenvalue weighted by molar-refractivity contribution is 6.33. The van der Waals surface area contributed by atoms with Crippen molar-refractivity contribution in [2.45, 2.75) is 12.8 Å². The van der Waals surface area contributed by atoms with Gasteiger partial charge in [-0.25, -0.2) is 9.97 Å². The fourth-order valence-corrected chi connectivity index (χ4v) is 3.41. The molecule has 1 amide bonds. The Morgan fingerprint density at radius 3 is 2.48 bits per heavy atom. The van der Waals surface area contributed by atoms with Crippen LogP contribution in [0.4, 0.5) is 17.3 Å². The van der Waals surface area contributed by atoms with Gasteiger partial charge in [-0.2, -0.15) is 5.26 Å². The molecule has 1 saturated carbocycles. The van der Waals surface area contributed by atoms with E-state index in [9.17, 15) is 4.79 Å². The number of halogens is 1. The number of hydrogen-bond acceptors (Lipinski definition) is 6. The second-order valence-electron chi connectivity index (χ2n) is 6.78. The van der Waals surface area contributed by atoms with Crippen LogP contribution in [0, 0.1) is 17.2 Å². The van der Waals surface area contributed by atoms with Crippen LogP contribution in [0.2, 0.25) is 5.02 Å². The molecule has 0 spiro atoms. The van der Waals surface area contributed by atoms with E-state index < -0.39 is 0 Å². The van der Waals surface area contributed by atoms with Gasteiger partial charge in [0.25, 0.3) is 0 Å². The van der Waals surface area contributed by atoms with Crippen molar-refractivity contribution in [3.05, 3.63) is 41.2 Å². The molecule has 1 aliphatic heterocycles. The van der Waals surface area contributed by atoms with Crippen LogP contribution >= 0.6 is 11.6 Å². The number of pyridine rings is 2. The van der Waals surface area contributed by atoms with Crippen LogP contribution in [-0.4, -0.2) is 42.1 Å². The monoisotopic (exact) mass is 382 g/mol. The molecule has 0 aromatic carbocycles. The summed E-state index contributed by atoms with van der Waals surface area (Å²) in [6, 6.07) is 7.53. The smallest absolute Gasteiger partial charge is 0.228 e. The Hall–Kier alpha value is -2.85. The number of nitrogens with one attached hydrogen (secondary N) is 1. The van der Waals surface area contributed by atoms with Gasteiger partial charge < -0.3 is 15.1 Å². The fraction of sp³-hybridized carbons (Fsp3) is 0.368. The Morgan fingerprint density at radius 1 is 1.15 bits per heavy atom. The van der Waals surface area contributed by atoms with Gasteiger partial charge in [-0.1, -0.05) is 11.6 Å². The van der Waals surface area contributed by atoms with E-state index in [-0.39, 0.29) is 11.8 Å². The van der Waals surface area contributed by atoms with Gasteiger partial charge in [0.05, 0.1) is 22.5 Å². The maximum absolute atomic E-state index is 11.8. The SMILES string of the molecule is N#Cc1cnc(N2CCN(c3ccc(NC(=O)C4CC4)nc3)CC2)c(Cl)c1. The molecule has 1 N–H and O–H groups in total. The van der Waals surface area contributed by atoms with Gasteiger partial charge in [0.2, 0.25) is 5.91 Å². The number of hydrogen-bond donors (Lipinski definition) is 1. The van der Waals surface area contributed by atoms with E-state index >= 15 is 0 Å². The average molecular weight is 383 g/mol. The lowest BCUT2D eigenvalue weighted by atomic mass is 10.2. The van der Waals surface area contributed by atoms with E-state index in [1.54, 1.807) is 18.5 Å². The highest BCUT2D eigenvalue weighted by atomic mass is 35.5. The molecular formula is C19H19ClN6O. The van der Waals surface area contributed by atoms with Crippen molar-refractivity contribution in [3.63, 3.8) is 0 Å². The average Bonchev–Trinajstić information content (AvgIpc) is 3.54. The molecule has 0 atom stereocenters. The Morgan fingerprint density at radius 2 is 1.89 bits per heavy atom. The molecule has 3 heterocycles. The maximum Gasteiger partial charge on any atom is 0.228 e. The summed E-state index contributed by atoms with van der Waals surface area (Å²) in [5.41, 5.74) is 1.49. The van der Waals surface area contributed by atoms with Crippen molar-refractivity contribution in [3.8, 4) is 6.07 Å². The molecule has 2 fully saturated rings. The van der Waals surface area contributed by atoms with Crippen LogP contribution in [0.25, 0.3) is 0 Å². The number of carbonyl (C=O) groups excluding carboxylic acids is 1. The summed E-state index contributed by atoms with van der Waals surface area (Å²) in [6.45, 7) is 3.18. The highest BCUT2D eigenvalue weighted by Gasteiger charge is 2.29. The fourth-order valence-electron chi connectivity index (χ4n) is 3.12. The van der Waals surface area contributed by atoms with Gasteiger partial charge in [-0.3, -0.25) is 4.79 Å². The van der Waals surface area contributed by atoms with Crippen LogP contribution < -0.4 is 15.1 Å². The molecule has 27 heavy (non-hydrogen) atoms. The number of piperazine rings is 1. The van der Waals surface area contributed by atoms with Gasteiger partial charge in [-0.05, 0) is 31.0 Å². The third-order valence-electron chi connectivity index (χ3n) is 4.84. The van der Waals surface area contributed by atoms with Gasteiger partial charge in [-0.15, -0.1) is 0 Å². The van der Waals surface area contributed by atoms with Crippen LogP contribution in [0.5, 0.6) is 0 Å². The summed E-state index contributed by atoms with van der Waals surface area (Å²) < 4.78 is 0. The first kappa shape index (κ1) is 17.6. The van der Waals surface area contributed by atoms with Crippen molar-refractivity contribution in [2.24, 2.45) is 5.92 Å². The minimum atomic E-state index is 0.0654. The van der Waals surface area contributed by atoms with E-state index in [0.717, 1.165) is 44.7 Å². The Balaban J connectivity index is 1.36. The van der Waals surface area contributed by atoms with E-state index in [2.05, 4.69) is 25.1 Å². The summed E-state index contributed by atoms with van der Waals surface area (Å²) >= 11 is 6.27. The minimum Gasteiger partial charge on any atom is -0.367 e. The predicted molar refractivity (Wildman–Crippen MR) is 104 cm³/mol. The lowest BCUT2D eigenvalue weighted by Crippen LogP contribution is -2.47. The van der Waals surface area contributed by atoms with E-state index in [1.807, 2.05) is 18.2 Å². The highest BCUT2D eigenvalue weighted by Crippen LogP contribution is 2.30. The zero-order valence-corrected chi connectivity index (χ0v) is 15.5. The van der Waals surface area contributed by atoms with E-state index in [1.165, 1.54) is 0 Å².